The number of carbonyl (C=O) groups is 1. The molecule has 2 atom stereocenters. The molecule has 0 radical (unpaired) electrons. The van der Waals surface area contributed by atoms with E-state index in [-0.39, 0.29) is 18.1 Å². The lowest BCUT2D eigenvalue weighted by Gasteiger charge is -2.25. The summed E-state index contributed by atoms with van der Waals surface area (Å²) in [4.78, 5) is 16.9. The van der Waals surface area contributed by atoms with Crippen LogP contribution in [0.1, 0.15) is 45.3 Å². The van der Waals surface area contributed by atoms with Crippen LogP contribution in [0.25, 0.3) is 0 Å². The topological polar surface area (TPSA) is 35.6 Å². The van der Waals surface area contributed by atoms with Crippen molar-refractivity contribution in [1.82, 2.24) is 15.1 Å². The number of hydrogen-bond acceptors (Lipinski definition) is 4. The molecule has 1 aromatic rings. The molecule has 0 aliphatic carbocycles. The van der Waals surface area contributed by atoms with Gasteiger partial charge in [-0.1, -0.05) is 20.8 Å². The maximum atomic E-state index is 12.5. The Morgan fingerprint density at radius 1 is 1.33 bits per heavy atom. The molecule has 1 fully saturated rings. The molecule has 0 aromatic carbocycles. The van der Waals surface area contributed by atoms with Crippen molar-refractivity contribution in [2.75, 3.05) is 26.2 Å². The number of nitrogens with one attached hydrogen (secondary N) is 1. The zero-order chi connectivity index (χ0) is 15.2. The highest BCUT2D eigenvalue weighted by molar-refractivity contribution is 7.07. The third kappa shape index (κ3) is 3.84. The summed E-state index contributed by atoms with van der Waals surface area (Å²) >= 11 is 1.69. The van der Waals surface area contributed by atoms with E-state index in [9.17, 15) is 4.79 Å². The summed E-state index contributed by atoms with van der Waals surface area (Å²) in [6, 6.07) is 2.09. The SMILES string of the molecule is CCC1NC(c2ccsc2)N(CCCN(CC)CC)C1=O. The van der Waals surface area contributed by atoms with E-state index in [1.165, 1.54) is 5.56 Å². The lowest BCUT2D eigenvalue weighted by atomic mass is 10.2. The van der Waals surface area contributed by atoms with Gasteiger partial charge in [-0.2, -0.15) is 11.3 Å². The Labute approximate surface area is 132 Å². The second-order valence-corrected chi connectivity index (χ2v) is 6.28. The van der Waals surface area contributed by atoms with Crippen LogP contribution in [0.4, 0.5) is 0 Å². The van der Waals surface area contributed by atoms with Crippen LogP contribution in [0.3, 0.4) is 0 Å². The highest BCUT2D eigenvalue weighted by Gasteiger charge is 2.38. The summed E-state index contributed by atoms with van der Waals surface area (Å²) < 4.78 is 0. The molecule has 118 valence electrons. The molecule has 2 heterocycles. The minimum Gasteiger partial charge on any atom is -0.321 e. The quantitative estimate of drug-likeness (QED) is 0.802. The van der Waals surface area contributed by atoms with Crippen LogP contribution in [0.5, 0.6) is 0 Å². The van der Waals surface area contributed by atoms with E-state index in [1.54, 1.807) is 11.3 Å². The van der Waals surface area contributed by atoms with E-state index in [1.807, 2.05) is 4.90 Å². The Hall–Kier alpha value is -0.910. The summed E-state index contributed by atoms with van der Waals surface area (Å²) in [5.74, 6) is 0.258. The van der Waals surface area contributed by atoms with Crippen molar-refractivity contribution in [1.29, 1.82) is 0 Å². The van der Waals surface area contributed by atoms with Crippen LogP contribution >= 0.6 is 11.3 Å². The van der Waals surface area contributed by atoms with Crippen molar-refractivity contribution in [3.05, 3.63) is 22.4 Å². The van der Waals surface area contributed by atoms with Gasteiger partial charge in [-0.3, -0.25) is 10.1 Å². The predicted molar refractivity (Wildman–Crippen MR) is 88.4 cm³/mol. The Bertz CT molecular complexity index is 431. The fraction of sp³-hybridized carbons (Fsp3) is 0.688. The summed E-state index contributed by atoms with van der Waals surface area (Å²) in [5, 5.41) is 7.70. The van der Waals surface area contributed by atoms with E-state index < -0.39 is 0 Å². The zero-order valence-electron chi connectivity index (χ0n) is 13.3. The molecule has 5 heteroatoms. The van der Waals surface area contributed by atoms with Gasteiger partial charge in [0.2, 0.25) is 5.91 Å². The van der Waals surface area contributed by atoms with Crippen molar-refractivity contribution in [3.8, 4) is 0 Å². The third-order valence-electron chi connectivity index (χ3n) is 4.29. The van der Waals surface area contributed by atoms with Crippen molar-refractivity contribution < 1.29 is 4.79 Å². The van der Waals surface area contributed by atoms with E-state index in [4.69, 9.17) is 0 Å². The number of rotatable bonds is 8. The van der Waals surface area contributed by atoms with E-state index >= 15 is 0 Å². The second kappa shape index (κ2) is 7.92. The zero-order valence-corrected chi connectivity index (χ0v) is 14.2. The van der Waals surface area contributed by atoms with E-state index in [0.29, 0.717) is 0 Å². The van der Waals surface area contributed by atoms with Gasteiger partial charge < -0.3 is 9.80 Å². The summed E-state index contributed by atoms with van der Waals surface area (Å²) in [6.07, 6.45) is 1.95. The van der Waals surface area contributed by atoms with Gasteiger partial charge in [0, 0.05) is 6.54 Å². The number of nitrogens with zero attached hydrogens (tertiary/aromatic N) is 2. The first-order chi connectivity index (χ1) is 10.2. The standard InChI is InChI=1S/C16H27N3OS/c1-4-14-16(20)19(10-7-9-18(5-2)6-3)15(17-14)13-8-11-21-12-13/h8,11-12,14-15,17H,4-7,9-10H2,1-3H3. The van der Waals surface area contributed by atoms with Crippen LogP contribution in [0.2, 0.25) is 0 Å². The number of amides is 1. The van der Waals surface area contributed by atoms with Gasteiger partial charge in [0.05, 0.1) is 6.04 Å². The normalized spacial score (nSPS) is 22.5. The van der Waals surface area contributed by atoms with Gasteiger partial charge >= 0.3 is 0 Å². The maximum absolute atomic E-state index is 12.5. The Kier molecular flexibility index (Phi) is 6.21. The fourth-order valence-electron chi connectivity index (χ4n) is 2.92. The molecule has 1 aliphatic heterocycles. The second-order valence-electron chi connectivity index (χ2n) is 5.50. The first-order valence-electron chi connectivity index (χ1n) is 8.02. The van der Waals surface area contributed by atoms with Gasteiger partial charge in [-0.05, 0) is 54.9 Å². The Morgan fingerprint density at radius 3 is 2.67 bits per heavy atom. The molecule has 21 heavy (non-hydrogen) atoms. The lowest BCUT2D eigenvalue weighted by Crippen LogP contribution is -2.34. The largest absolute Gasteiger partial charge is 0.321 e. The van der Waals surface area contributed by atoms with Gasteiger partial charge in [0.15, 0.2) is 0 Å². The van der Waals surface area contributed by atoms with Gasteiger partial charge in [-0.25, -0.2) is 0 Å². The summed E-state index contributed by atoms with van der Waals surface area (Å²) in [6.45, 7) is 10.5. The molecule has 1 N–H and O–H groups in total. The van der Waals surface area contributed by atoms with Crippen LogP contribution in [-0.2, 0) is 4.79 Å². The fourth-order valence-corrected chi connectivity index (χ4v) is 3.60. The van der Waals surface area contributed by atoms with Gasteiger partial charge in [0.25, 0.3) is 0 Å². The van der Waals surface area contributed by atoms with Crippen LogP contribution in [0.15, 0.2) is 16.8 Å². The molecule has 2 unspecified atom stereocenters. The highest BCUT2D eigenvalue weighted by atomic mass is 32.1. The van der Waals surface area contributed by atoms with Crippen LogP contribution in [0, 0.1) is 0 Å². The molecule has 1 amide bonds. The van der Waals surface area contributed by atoms with Crippen LogP contribution < -0.4 is 5.32 Å². The predicted octanol–water partition coefficient (Wildman–Crippen LogP) is 2.69. The average molecular weight is 309 g/mol. The molecule has 1 saturated heterocycles. The van der Waals surface area contributed by atoms with Gasteiger partial charge in [0.1, 0.15) is 6.17 Å². The molecular weight excluding hydrogens is 282 g/mol. The molecule has 1 aliphatic rings. The smallest absolute Gasteiger partial charge is 0.241 e. The van der Waals surface area contributed by atoms with E-state index in [2.05, 4.69) is 47.8 Å². The minimum absolute atomic E-state index is 0.0247. The van der Waals surface area contributed by atoms with Crippen molar-refractivity contribution >= 4 is 17.2 Å². The molecule has 2 rings (SSSR count). The number of carbonyl (C=O) groups excluding carboxylic acids is 1. The molecule has 4 nitrogen and oxygen atoms in total. The van der Waals surface area contributed by atoms with Crippen LogP contribution in [-0.4, -0.2) is 47.9 Å². The molecule has 0 bridgehead atoms. The summed E-state index contributed by atoms with van der Waals surface area (Å²) in [5.41, 5.74) is 1.21. The lowest BCUT2D eigenvalue weighted by molar-refractivity contribution is -0.130. The van der Waals surface area contributed by atoms with Crippen molar-refractivity contribution in [2.24, 2.45) is 0 Å². The van der Waals surface area contributed by atoms with E-state index in [0.717, 1.165) is 39.0 Å². The van der Waals surface area contributed by atoms with Crippen molar-refractivity contribution in [3.63, 3.8) is 0 Å². The molecule has 0 saturated carbocycles. The molecule has 0 spiro atoms. The Balaban J connectivity index is 1.98. The first-order valence-corrected chi connectivity index (χ1v) is 8.96. The van der Waals surface area contributed by atoms with Crippen molar-refractivity contribution in [2.45, 2.75) is 45.8 Å². The Morgan fingerprint density at radius 2 is 2.10 bits per heavy atom. The minimum atomic E-state index is -0.0247. The summed E-state index contributed by atoms with van der Waals surface area (Å²) in [7, 11) is 0. The highest BCUT2D eigenvalue weighted by Crippen LogP contribution is 2.28. The average Bonchev–Trinajstić information content (AvgIpc) is 3.12. The first kappa shape index (κ1) is 16.5. The number of hydrogen-bond donors (Lipinski definition) is 1. The monoisotopic (exact) mass is 309 g/mol. The maximum Gasteiger partial charge on any atom is 0.241 e. The molecule has 1 aromatic heterocycles. The third-order valence-corrected chi connectivity index (χ3v) is 4.99. The number of thiophene rings is 1. The van der Waals surface area contributed by atoms with Gasteiger partial charge in [-0.15, -0.1) is 0 Å². The molecular formula is C16H27N3OS.